The van der Waals surface area contributed by atoms with E-state index in [1.54, 1.807) is 0 Å². The molecule has 18 heavy (non-hydrogen) atoms. The second-order valence-electron chi connectivity index (χ2n) is 4.39. The highest BCUT2D eigenvalue weighted by molar-refractivity contribution is 5.47. The van der Waals surface area contributed by atoms with Crippen molar-refractivity contribution in [1.29, 1.82) is 5.26 Å². The Labute approximate surface area is 110 Å². The van der Waals surface area contributed by atoms with Crippen LogP contribution in [0.3, 0.4) is 0 Å². The van der Waals surface area contributed by atoms with Crippen LogP contribution in [0.15, 0.2) is 24.3 Å². The number of nitrogens with zero attached hydrogens (tertiary/aromatic N) is 1. The molecule has 0 heterocycles. The minimum atomic E-state index is 0.0983. The molecule has 0 saturated heterocycles. The van der Waals surface area contributed by atoms with E-state index in [2.05, 4.69) is 19.2 Å². The molecule has 0 aliphatic heterocycles. The van der Waals surface area contributed by atoms with Gasteiger partial charge in [-0.3, -0.25) is 0 Å². The van der Waals surface area contributed by atoms with E-state index < -0.39 is 0 Å². The normalized spacial score (nSPS) is 10.1. The molecule has 0 aromatic heterocycles. The van der Waals surface area contributed by atoms with Crippen LogP contribution in [0.25, 0.3) is 0 Å². The van der Waals surface area contributed by atoms with Gasteiger partial charge in [0, 0.05) is 11.7 Å². The van der Waals surface area contributed by atoms with Gasteiger partial charge in [0.25, 0.3) is 0 Å². The highest BCUT2D eigenvalue weighted by atomic mass is 16.5. The molecule has 1 rings (SSSR count). The summed E-state index contributed by atoms with van der Waals surface area (Å²) in [5, 5.41) is 12.0. The number of ether oxygens (including phenoxy) is 1. The van der Waals surface area contributed by atoms with E-state index in [1.165, 1.54) is 25.7 Å². The number of hydrogen-bond donors (Lipinski definition) is 1. The number of nitriles is 1. The van der Waals surface area contributed by atoms with Gasteiger partial charge in [0.1, 0.15) is 11.8 Å². The molecule has 0 radical (unpaired) electrons. The zero-order valence-electron chi connectivity index (χ0n) is 11.3. The summed E-state index contributed by atoms with van der Waals surface area (Å²) in [6.45, 7) is 4.52. The maximum Gasteiger partial charge on any atom is 0.174 e. The van der Waals surface area contributed by atoms with Gasteiger partial charge in [0.2, 0.25) is 0 Å². The molecule has 1 aromatic carbocycles. The molecule has 1 N–H and O–H groups in total. The highest BCUT2D eigenvalue weighted by Gasteiger charge is 2.06. The van der Waals surface area contributed by atoms with Crippen molar-refractivity contribution in [2.45, 2.75) is 45.6 Å². The Morgan fingerprint density at radius 1 is 1.17 bits per heavy atom. The maximum atomic E-state index is 8.43. The number of hydrogen-bond acceptors (Lipinski definition) is 3. The molecular weight excluding hydrogens is 224 g/mol. The van der Waals surface area contributed by atoms with Gasteiger partial charge in [-0.1, -0.05) is 26.7 Å². The van der Waals surface area contributed by atoms with Gasteiger partial charge in [-0.25, -0.2) is 0 Å². The third-order valence-corrected chi connectivity index (χ3v) is 2.80. The van der Waals surface area contributed by atoms with E-state index in [0.29, 0.717) is 6.04 Å². The molecule has 0 saturated carbocycles. The van der Waals surface area contributed by atoms with E-state index >= 15 is 0 Å². The Kier molecular flexibility index (Phi) is 6.71. The van der Waals surface area contributed by atoms with Crippen LogP contribution < -0.4 is 10.1 Å². The zero-order chi connectivity index (χ0) is 13.2. The summed E-state index contributed by atoms with van der Waals surface area (Å²) in [4.78, 5) is 0. The van der Waals surface area contributed by atoms with Crippen LogP contribution in [0.5, 0.6) is 5.75 Å². The van der Waals surface area contributed by atoms with Crippen LogP contribution in [-0.2, 0) is 0 Å². The van der Waals surface area contributed by atoms with Crippen molar-refractivity contribution in [3.8, 4) is 11.8 Å². The molecule has 0 atom stereocenters. The lowest BCUT2D eigenvalue weighted by atomic mass is 10.1. The summed E-state index contributed by atoms with van der Waals surface area (Å²) in [5.74, 6) is 0.740. The predicted octanol–water partition coefficient (Wildman–Crippen LogP) is 3.97. The fourth-order valence-corrected chi connectivity index (χ4v) is 1.98. The standard InChI is InChI=1S/C15H22N2O/c1-3-5-13(6-4-2)17-14-7-9-15(10-8-14)18-12-11-16/h7-10,13,17H,3-6,12H2,1-2H3. The second-order valence-corrected chi connectivity index (χ2v) is 4.39. The number of rotatable bonds is 8. The van der Waals surface area contributed by atoms with Crippen molar-refractivity contribution in [3.05, 3.63) is 24.3 Å². The molecule has 0 fully saturated rings. The second kappa shape index (κ2) is 8.41. The molecule has 0 unspecified atom stereocenters. The largest absolute Gasteiger partial charge is 0.479 e. The summed E-state index contributed by atoms with van der Waals surface area (Å²) in [6, 6.07) is 10.3. The fourth-order valence-electron chi connectivity index (χ4n) is 1.98. The Hall–Kier alpha value is -1.69. The van der Waals surface area contributed by atoms with E-state index in [9.17, 15) is 0 Å². The zero-order valence-corrected chi connectivity index (χ0v) is 11.3. The lowest BCUT2D eigenvalue weighted by molar-refractivity contribution is 0.368. The first kappa shape index (κ1) is 14.4. The Balaban J connectivity index is 2.53. The topological polar surface area (TPSA) is 45.0 Å². The quantitative estimate of drug-likeness (QED) is 0.755. The number of benzene rings is 1. The first-order valence-corrected chi connectivity index (χ1v) is 6.66. The molecule has 0 aliphatic rings. The van der Waals surface area contributed by atoms with Gasteiger partial charge < -0.3 is 10.1 Å². The molecule has 1 aromatic rings. The maximum absolute atomic E-state index is 8.43. The van der Waals surface area contributed by atoms with Gasteiger partial charge in [-0.05, 0) is 37.1 Å². The van der Waals surface area contributed by atoms with Gasteiger partial charge in [0.05, 0.1) is 0 Å². The van der Waals surface area contributed by atoms with Crippen molar-refractivity contribution >= 4 is 5.69 Å². The van der Waals surface area contributed by atoms with Crippen molar-refractivity contribution in [1.82, 2.24) is 0 Å². The molecule has 0 amide bonds. The van der Waals surface area contributed by atoms with Crippen molar-refractivity contribution in [3.63, 3.8) is 0 Å². The smallest absolute Gasteiger partial charge is 0.174 e. The molecule has 0 spiro atoms. The SMILES string of the molecule is CCCC(CCC)Nc1ccc(OCC#N)cc1. The Morgan fingerprint density at radius 3 is 2.28 bits per heavy atom. The average molecular weight is 246 g/mol. The molecular formula is C15H22N2O. The Morgan fingerprint density at radius 2 is 1.78 bits per heavy atom. The van der Waals surface area contributed by atoms with Crippen LogP contribution in [0.2, 0.25) is 0 Å². The van der Waals surface area contributed by atoms with Crippen LogP contribution >= 0.6 is 0 Å². The minimum absolute atomic E-state index is 0.0983. The van der Waals surface area contributed by atoms with Crippen molar-refractivity contribution in [2.24, 2.45) is 0 Å². The molecule has 98 valence electrons. The lowest BCUT2D eigenvalue weighted by Crippen LogP contribution is -2.18. The van der Waals surface area contributed by atoms with Crippen LogP contribution in [0.4, 0.5) is 5.69 Å². The lowest BCUT2D eigenvalue weighted by Gasteiger charge is -2.18. The van der Waals surface area contributed by atoms with Gasteiger partial charge in [-0.15, -0.1) is 0 Å². The summed E-state index contributed by atoms with van der Waals surface area (Å²) < 4.78 is 5.22. The molecule has 0 aliphatic carbocycles. The Bertz CT molecular complexity index is 361. The first-order chi connectivity index (χ1) is 8.80. The molecule has 3 nitrogen and oxygen atoms in total. The van der Waals surface area contributed by atoms with Gasteiger partial charge >= 0.3 is 0 Å². The van der Waals surface area contributed by atoms with Crippen LogP contribution in [-0.4, -0.2) is 12.6 Å². The molecule has 3 heteroatoms. The molecule has 0 bridgehead atoms. The summed E-state index contributed by atoms with van der Waals surface area (Å²) in [7, 11) is 0. The van der Waals surface area contributed by atoms with E-state index in [0.717, 1.165) is 11.4 Å². The van der Waals surface area contributed by atoms with E-state index in [-0.39, 0.29) is 6.61 Å². The van der Waals surface area contributed by atoms with E-state index in [4.69, 9.17) is 10.00 Å². The first-order valence-electron chi connectivity index (χ1n) is 6.66. The monoisotopic (exact) mass is 246 g/mol. The third kappa shape index (κ3) is 5.09. The third-order valence-electron chi connectivity index (χ3n) is 2.80. The van der Waals surface area contributed by atoms with Crippen LogP contribution in [0, 0.1) is 11.3 Å². The van der Waals surface area contributed by atoms with E-state index in [1.807, 2.05) is 30.3 Å². The number of nitrogens with one attached hydrogen (secondary N) is 1. The predicted molar refractivity (Wildman–Crippen MR) is 74.8 cm³/mol. The van der Waals surface area contributed by atoms with Gasteiger partial charge in [0.15, 0.2) is 6.61 Å². The summed E-state index contributed by atoms with van der Waals surface area (Å²) in [5.41, 5.74) is 1.12. The minimum Gasteiger partial charge on any atom is -0.479 e. The summed E-state index contributed by atoms with van der Waals surface area (Å²) >= 11 is 0. The van der Waals surface area contributed by atoms with Crippen molar-refractivity contribution in [2.75, 3.05) is 11.9 Å². The average Bonchev–Trinajstić information content (AvgIpc) is 2.38. The highest BCUT2D eigenvalue weighted by Crippen LogP contribution is 2.18. The van der Waals surface area contributed by atoms with Crippen molar-refractivity contribution < 1.29 is 4.74 Å². The van der Waals surface area contributed by atoms with Crippen LogP contribution in [0.1, 0.15) is 39.5 Å². The van der Waals surface area contributed by atoms with Gasteiger partial charge in [-0.2, -0.15) is 5.26 Å². The fraction of sp³-hybridized carbons (Fsp3) is 0.533. The number of anilines is 1. The summed E-state index contributed by atoms with van der Waals surface area (Å²) in [6.07, 6.45) is 4.78.